The number of aryl methyl sites for hydroxylation is 1. The molecule has 0 saturated carbocycles. The highest BCUT2D eigenvalue weighted by atomic mass is 16.5. The van der Waals surface area contributed by atoms with Gasteiger partial charge in [-0.1, -0.05) is 12.1 Å². The van der Waals surface area contributed by atoms with Crippen molar-refractivity contribution in [1.82, 2.24) is 4.90 Å². The molecule has 1 aromatic rings. The van der Waals surface area contributed by atoms with Gasteiger partial charge in [0.2, 0.25) is 0 Å². The highest BCUT2D eigenvalue weighted by Crippen LogP contribution is 2.14. The van der Waals surface area contributed by atoms with Gasteiger partial charge >= 0.3 is 5.97 Å². The number of aliphatic carboxylic acids is 1. The Kier molecular flexibility index (Phi) is 4.98. The number of carboxylic acid groups (broad SMARTS) is 1. The van der Waals surface area contributed by atoms with E-state index in [4.69, 9.17) is 9.84 Å². The van der Waals surface area contributed by atoms with Crippen molar-refractivity contribution in [3.8, 4) is 5.75 Å². The molecule has 2 rings (SSSR count). The first kappa shape index (κ1) is 14.4. The third-order valence-corrected chi connectivity index (χ3v) is 3.37. The van der Waals surface area contributed by atoms with E-state index in [0.29, 0.717) is 12.2 Å². The van der Waals surface area contributed by atoms with Crippen molar-refractivity contribution in [3.05, 3.63) is 29.8 Å². The molecule has 1 aromatic carbocycles. The second-order valence-corrected chi connectivity index (χ2v) is 4.91. The summed E-state index contributed by atoms with van der Waals surface area (Å²) in [6.07, 6.45) is 2.77. The molecule has 1 amide bonds. The van der Waals surface area contributed by atoms with Crippen LogP contribution in [0.5, 0.6) is 5.75 Å². The molecule has 0 radical (unpaired) electrons. The highest BCUT2D eigenvalue weighted by Gasteiger charge is 2.17. The second-order valence-electron chi connectivity index (χ2n) is 4.91. The van der Waals surface area contributed by atoms with Crippen LogP contribution in [-0.4, -0.2) is 41.6 Å². The van der Waals surface area contributed by atoms with Gasteiger partial charge in [-0.05, 0) is 37.0 Å². The van der Waals surface area contributed by atoms with Gasteiger partial charge in [0, 0.05) is 19.5 Å². The Hall–Kier alpha value is -2.04. The number of rotatable bonds is 6. The van der Waals surface area contributed by atoms with Crippen LogP contribution in [0.1, 0.15) is 24.8 Å². The van der Waals surface area contributed by atoms with Crippen molar-refractivity contribution < 1.29 is 19.4 Å². The van der Waals surface area contributed by atoms with Gasteiger partial charge in [0.15, 0.2) is 6.61 Å². The Balaban J connectivity index is 1.78. The van der Waals surface area contributed by atoms with Gasteiger partial charge in [-0.3, -0.25) is 9.59 Å². The van der Waals surface area contributed by atoms with E-state index >= 15 is 0 Å². The first-order valence-corrected chi connectivity index (χ1v) is 6.86. The predicted molar refractivity (Wildman–Crippen MR) is 73.7 cm³/mol. The molecule has 0 aliphatic carbocycles. The van der Waals surface area contributed by atoms with E-state index in [0.717, 1.165) is 31.5 Å². The smallest absolute Gasteiger partial charge is 0.303 e. The molecule has 0 bridgehead atoms. The Morgan fingerprint density at radius 3 is 2.40 bits per heavy atom. The van der Waals surface area contributed by atoms with Crippen LogP contribution < -0.4 is 4.74 Å². The largest absolute Gasteiger partial charge is 0.484 e. The van der Waals surface area contributed by atoms with Gasteiger partial charge < -0.3 is 14.7 Å². The maximum absolute atomic E-state index is 11.8. The van der Waals surface area contributed by atoms with Crippen molar-refractivity contribution in [1.29, 1.82) is 0 Å². The van der Waals surface area contributed by atoms with E-state index < -0.39 is 5.97 Å². The number of amides is 1. The topological polar surface area (TPSA) is 66.8 Å². The van der Waals surface area contributed by atoms with E-state index in [1.165, 1.54) is 0 Å². The van der Waals surface area contributed by atoms with Gasteiger partial charge in [-0.25, -0.2) is 0 Å². The van der Waals surface area contributed by atoms with Crippen LogP contribution in [0.3, 0.4) is 0 Å². The van der Waals surface area contributed by atoms with E-state index in [1.54, 1.807) is 12.1 Å². The van der Waals surface area contributed by atoms with Gasteiger partial charge in [0.05, 0.1) is 0 Å². The number of carbonyl (C=O) groups excluding carboxylic acids is 1. The summed E-state index contributed by atoms with van der Waals surface area (Å²) in [7, 11) is 0. The van der Waals surface area contributed by atoms with Gasteiger partial charge in [0.25, 0.3) is 5.91 Å². The van der Waals surface area contributed by atoms with Crippen LogP contribution in [-0.2, 0) is 16.0 Å². The van der Waals surface area contributed by atoms with E-state index in [1.807, 2.05) is 17.0 Å². The number of benzene rings is 1. The molecule has 1 aliphatic rings. The first-order chi connectivity index (χ1) is 9.65. The SMILES string of the molecule is O=C(O)CCc1ccc(OCC(=O)N2CCCC2)cc1. The second kappa shape index (κ2) is 6.93. The van der Waals surface area contributed by atoms with Crippen molar-refractivity contribution in [3.63, 3.8) is 0 Å². The Morgan fingerprint density at radius 1 is 1.15 bits per heavy atom. The third-order valence-electron chi connectivity index (χ3n) is 3.37. The van der Waals surface area contributed by atoms with Crippen molar-refractivity contribution in [2.24, 2.45) is 0 Å². The number of hydrogen-bond donors (Lipinski definition) is 1. The standard InChI is InChI=1S/C15H19NO4/c17-14(16-9-1-2-10-16)11-20-13-6-3-12(4-7-13)5-8-15(18)19/h3-4,6-7H,1-2,5,8-11H2,(H,18,19). The molecule has 1 heterocycles. The molecule has 108 valence electrons. The van der Waals surface area contributed by atoms with Gasteiger partial charge in [-0.2, -0.15) is 0 Å². The molecule has 5 heteroatoms. The average Bonchev–Trinajstić information content (AvgIpc) is 2.98. The number of hydrogen-bond acceptors (Lipinski definition) is 3. The summed E-state index contributed by atoms with van der Waals surface area (Å²) in [6, 6.07) is 7.21. The Labute approximate surface area is 118 Å². The van der Waals surface area contributed by atoms with Crippen LogP contribution in [0.25, 0.3) is 0 Å². The maximum atomic E-state index is 11.8. The van der Waals surface area contributed by atoms with E-state index in [9.17, 15) is 9.59 Å². The molecule has 20 heavy (non-hydrogen) atoms. The lowest BCUT2D eigenvalue weighted by Crippen LogP contribution is -2.32. The number of nitrogens with zero attached hydrogens (tertiary/aromatic N) is 1. The normalized spacial score (nSPS) is 14.3. The third kappa shape index (κ3) is 4.26. The lowest BCUT2D eigenvalue weighted by molar-refractivity contribution is -0.137. The molecule has 0 atom stereocenters. The fourth-order valence-corrected chi connectivity index (χ4v) is 2.21. The zero-order valence-corrected chi connectivity index (χ0v) is 11.4. The van der Waals surface area contributed by atoms with Crippen LogP contribution in [0, 0.1) is 0 Å². The quantitative estimate of drug-likeness (QED) is 0.859. The number of likely N-dealkylation sites (tertiary alicyclic amines) is 1. The zero-order chi connectivity index (χ0) is 14.4. The van der Waals surface area contributed by atoms with Crippen LogP contribution in [0.4, 0.5) is 0 Å². The summed E-state index contributed by atoms with van der Waals surface area (Å²) in [5, 5.41) is 8.61. The van der Waals surface area contributed by atoms with E-state index in [2.05, 4.69) is 0 Å². The van der Waals surface area contributed by atoms with E-state index in [-0.39, 0.29) is 18.9 Å². The number of carboxylic acids is 1. The molecule has 0 unspecified atom stereocenters. The summed E-state index contributed by atoms with van der Waals surface area (Å²) in [6.45, 7) is 1.72. The van der Waals surface area contributed by atoms with Crippen molar-refractivity contribution in [2.45, 2.75) is 25.7 Å². The highest BCUT2D eigenvalue weighted by molar-refractivity contribution is 5.78. The van der Waals surface area contributed by atoms with Gasteiger partial charge in [-0.15, -0.1) is 0 Å². The summed E-state index contributed by atoms with van der Waals surface area (Å²) in [5.41, 5.74) is 0.950. The molecule has 1 fully saturated rings. The minimum absolute atomic E-state index is 0.0254. The van der Waals surface area contributed by atoms with Gasteiger partial charge in [0.1, 0.15) is 5.75 Å². The average molecular weight is 277 g/mol. The fraction of sp³-hybridized carbons (Fsp3) is 0.467. The lowest BCUT2D eigenvalue weighted by Gasteiger charge is -2.15. The molecule has 5 nitrogen and oxygen atoms in total. The Bertz CT molecular complexity index is 463. The van der Waals surface area contributed by atoms with Crippen molar-refractivity contribution in [2.75, 3.05) is 19.7 Å². The summed E-state index contributed by atoms with van der Waals surface area (Å²) >= 11 is 0. The summed E-state index contributed by atoms with van der Waals surface area (Å²) in [5.74, 6) is -0.143. The predicted octanol–water partition coefficient (Wildman–Crippen LogP) is 1.71. The van der Waals surface area contributed by atoms with Crippen LogP contribution in [0.15, 0.2) is 24.3 Å². The molecule has 1 N–H and O–H groups in total. The fourth-order valence-electron chi connectivity index (χ4n) is 2.21. The molecular formula is C15H19NO4. The molecular weight excluding hydrogens is 258 g/mol. The number of ether oxygens (including phenoxy) is 1. The maximum Gasteiger partial charge on any atom is 0.303 e. The van der Waals surface area contributed by atoms with Crippen LogP contribution >= 0.6 is 0 Å². The van der Waals surface area contributed by atoms with Crippen molar-refractivity contribution >= 4 is 11.9 Å². The minimum atomic E-state index is -0.804. The molecule has 0 aromatic heterocycles. The molecule has 1 aliphatic heterocycles. The monoisotopic (exact) mass is 277 g/mol. The zero-order valence-electron chi connectivity index (χ0n) is 11.4. The minimum Gasteiger partial charge on any atom is -0.484 e. The Morgan fingerprint density at radius 2 is 1.80 bits per heavy atom. The number of carbonyl (C=O) groups is 2. The molecule has 0 spiro atoms. The first-order valence-electron chi connectivity index (χ1n) is 6.86. The summed E-state index contributed by atoms with van der Waals surface area (Å²) < 4.78 is 5.45. The summed E-state index contributed by atoms with van der Waals surface area (Å²) in [4.78, 5) is 24.1. The van der Waals surface area contributed by atoms with Crippen LogP contribution in [0.2, 0.25) is 0 Å². The lowest BCUT2D eigenvalue weighted by atomic mass is 10.1. The molecule has 1 saturated heterocycles.